The van der Waals surface area contributed by atoms with Gasteiger partial charge in [0.05, 0.1) is 0 Å². The van der Waals surface area contributed by atoms with Gasteiger partial charge in [0.15, 0.2) is 5.15 Å². The third-order valence-corrected chi connectivity index (χ3v) is 3.63. The second kappa shape index (κ2) is 4.35. The third kappa shape index (κ3) is 2.40. The van der Waals surface area contributed by atoms with E-state index in [2.05, 4.69) is 29.4 Å². The highest BCUT2D eigenvalue weighted by atomic mass is 35.5. The molecule has 0 aliphatic heterocycles. The van der Waals surface area contributed by atoms with E-state index in [1.807, 2.05) is 6.07 Å². The summed E-state index contributed by atoms with van der Waals surface area (Å²) in [7, 11) is 0. The summed E-state index contributed by atoms with van der Waals surface area (Å²) >= 11 is 5.68. The predicted molar refractivity (Wildman–Crippen MR) is 62.0 cm³/mol. The Hall–Kier alpha value is -0.830. The zero-order chi connectivity index (χ0) is 10.8. The van der Waals surface area contributed by atoms with Crippen LogP contribution in [-0.4, -0.2) is 16.2 Å². The van der Waals surface area contributed by atoms with Crippen LogP contribution in [0.2, 0.25) is 5.15 Å². The van der Waals surface area contributed by atoms with Gasteiger partial charge in [-0.1, -0.05) is 25.4 Å². The first-order valence-corrected chi connectivity index (χ1v) is 5.80. The zero-order valence-electron chi connectivity index (χ0n) is 9.07. The summed E-state index contributed by atoms with van der Waals surface area (Å²) in [6, 6.07) is 4.17. The van der Waals surface area contributed by atoms with E-state index in [0.29, 0.717) is 17.1 Å². The van der Waals surface area contributed by atoms with Gasteiger partial charge in [-0.2, -0.15) is 0 Å². The van der Waals surface area contributed by atoms with Crippen molar-refractivity contribution >= 4 is 17.4 Å². The van der Waals surface area contributed by atoms with Crippen molar-refractivity contribution in [2.24, 2.45) is 11.8 Å². The first kappa shape index (κ1) is 10.7. The average molecular weight is 226 g/mol. The van der Waals surface area contributed by atoms with Crippen LogP contribution < -0.4 is 5.32 Å². The van der Waals surface area contributed by atoms with Crippen LogP contribution in [0.25, 0.3) is 0 Å². The molecule has 1 N–H and O–H groups in total. The summed E-state index contributed by atoms with van der Waals surface area (Å²) in [5.74, 6) is 2.32. The van der Waals surface area contributed by atoms with Crippen molar-refractivity contribution in [3.63, 3.8) is 0 Å². The highest BCUT2D eigenvalue weighted by Gasteiger charge is 2.29. The lowest BCUT2D eigenvalue weighted by atomic mass is 9.98. The molecule has 0 amide bonds. The molecular weight excluding hydrogens is 210 g/mol. The molecule has 0 aromatic carbocycles. The normalized spacial score (nSPS) is 30.5. The molecule has 1 saturated carbocycles. The Morgan fingerprint density at radius 2 is 2.07 bits per heavy atom. The molecule has 0 bridgehead atoms. The molecule has 82 valence electrons. The Balaban J connectivity index is 2.00. The minimum absolute atomic E-state index is 0.438. The van der Waals surface area contributed by atoms with Crippen LogP contribution in [0.3, 0.4) is 0 Å². The second-order valence-corrected chi connectivity index (χ2v) is 4.79. The van der Waals surface area contributed by atoms with Crippen LogP contribution in [-0.2, 0) is 0 Å². The summed E-state index contributed by atoms with van der Waals surface area (Å²) in [5.41, 5.74) is 0. The molecule has 1 aromatic heterocycles. The molecule has 0 spiro atoms. The second-order valence-electron chi connectivity index (χ2n) is 4.41. The molecule has 3 unspecified atom stereocenters. The number of nitrogens with one attached hydrogen (secondary N) is 1. The fraction of sp³-hybridized carbons (Fsp3) is 0.636. The minimum atomic E-state index is 0.438. The average Bonchev–Trinajstić information content (AvgIpc) is 2.53. The van der Waals surface area contributed by atoms with Gasteiger partial charge in [-0.15, -0.1) is 10.2 Å². The van der Waals surface area contributed by atoms with Gasteiger partial charge >= 0.3 is 0 Å². The molecule has 0 radical (unpaired) electrons. The van der Waals surface area contributed by atoms with Crippen molar-refractivity contribution in [1.29, 1.82) is 0 Å². The van der Waals surface area contributed by atoms with Gasteiger partial charge in [-0.05, 0) is 36.8 Å². The highest BCUT2D eigenvalue weighted by Crippen LogP contribution is 2.32. The maximum atomic E-state index is 5.68. The van der Waals surface area contributed by atoms with Crippen molar-refractivity contribution in [3.8, 4) is 0 Å². The summed E-state index contributed by atoms with van der Waals surface area (Å²) in [6.07, 6.45) is 2.51. The summed E-state index contributed by atoms with van der Waals surface area (Å²) in [6.45, 7) is 4.60. The molecule has 1 aromatic rings. The van der Waals surface area contributed by atoms with E-state index in [1.165, 1.54) is 12.8 Å². The SMILES string of the molecule is CC1CCC(Nc2ccc(Cl)nn2)C1C. The van der Waals surface area contributed by atoms with E-state index >= 15 is 0 Å². The van der Waals surface area contributed by atoms with Gasteiger partial charge in [0.1, 0.15) is 5.82 Å². The molecule has 3 atom stereocenters. The van der Waals surface area contributed by atoms with Crippen LogP contribution in [0.4, 0.5) is 5.82 Å². The lowest BCUT2D eigenvalue weighted by molar-refractivity contribution is 0.435. The van der Waals surface area contributed by atoms with Crippen LogP contribution in [0, 0.1) is 11.8 Å². The standard InChI is InChI=1S/C11H16ClN3/c1-7-3-4-9(8(7)2)13-11-6-5-10(12)14-15-11/h5-9H,3-4H2,1-2H3,(H,13,15). The van der Waals surface area contributed by atoms with Gasteiger partial charge in [0.2, 0.25) is 0 Å². The molecule has 1 aliphatic carbocycles. The van der Waals surface area contributed by atoms with Crippen molar-refractivity contribution in [3.05, 3.63) is 17.3 Å². The van der Waals surface area contributed by atoms with Crippen molar-refractivity contribution in [2.75, 3.05) is 5.32 Å². The molecule has 4 heteroatoms. The molecular formula is C11H16ClN3. The summed E-state index contributed by atoms with van der Waals surface area (Å²) in [4.78, 5) is 0. The maximum Gasteiger partial charge on any atom is 0.151 e. The molecule has 1 fully saturated rings. The van der Waals surface area contributed by atoms with Crippen molar-refractivity contribution in [1.82, 2.24) is 10.2 Å². The van der Waals surface area contributed by atoms with Crippen LogP contribution >= 0.6 is 11.6 Å². The fourth-order valence-corrected chi connectivity index (χ4v) is 2.25. The van der Waals surface area contributed by atoms with Crippen LogP contribution in [0.5, 0.6) is 0 Å². The Kier molecular flexibility index (Phi) is 3.10. The number of rotatable bonds is 2. The number of halogens is 1. The molecule has 3 nitrogen and oxygen atoms in total. The minimum Gasteiger partial charge on any atom is -0.366 e. The van der Waals surface area contributed by atoms with Crippen molar-refractivity contribution in [2.45, 2.75) is 32.7 Å². The Bertz CT molecular complexity index is 325. The van der Waals surface area contributed by atoms with Gasteiger partial charge in [0.25, 0.3) is 0 Å². The Morgan fingerprint density at radius 3 is 2.60 bits per heavy atom. The number of aromatic nitrogens is 2. The third-order valence-electron chi connectivity index (χ3n) is 3.43. The zero-order valence-corrected chi connectivity index (χ0v) is 9.83. The quantitative estimate of drug-likeness (QED) is 0.841. The topological polar surface area (TPSA) is 37.8 Å². The van der Waals surface area contributed by atoms with Gasteiger partial charge in [-0.25, -0.2) is 0 Å². The van der Waals surface area contributed by atoms with E-state index in [1.54, 1.807) is 6.07 Å². The first-order valence-electron chi connectivity index (χ1n) is 5.42. The summed E-state index contributed by atoms with van der Waals surface area (Å²) < 4.78 is 0. The van der Waals surface area contributed by atoms with E-state index in [0.717, 1.165) is 11.7 Å². The van der Waals surface area contributed by atoms with E-state index in [9.17, 15) is 0 Å². The molecule has 15 heavy (non-hydrogen) atoms. The smallest absolute Gasteiger partial charge is 0.151 e. The number of nitrogens with zero attached hydrogens (tertiary/aromatic N) is 2. The van der Waals surface area contributed by atoms with Gasteiger partial charge in [0, 0.05) is 6.04 Å². The fourth-order valence-electron chi connectivity index (χ4n) is 2.15. The molecule has 0 saturated heterocycles. The number of hydrogen-bond acceptors (Lipinski definition) is 3. The number of anilines is 1. The first-order chi connectivity index (χ1) is 7.16. The molecule has 1 heterocycles. The molecule has 1 aliphatic rings. The highest BCUT2D eigenvalue weighted by molar-refractivity contribution is 6.29. The molecule has 2 rings (SSSR count). The number of hydrogen-bond donors (Lipinski definition) is 1. The largest absolute Gasteiger partial charge is 0.366 e. The Labute approximate surface area is 95.2 Å². The van der Waals surface area contributed by atoms with Crippen LogP contribution in [0.15, 0.2) is 12.1 Å². The lowest BCUT2D eigenvalue weighted by Gasteiger charge is -2.19. The lowest BCUT2D eigenvalue weighted by Crippen LogP contribution is -2.24. The van der Waals surface area contributed by atoms with E-state index in [4.69, 9.17) is 11.6 Å². The van der Waals surface area contributed by atoms with Gasteiger partial charge in [-0.3, -0.25) is 0 Å². The van der Waals surface area contributed by atoms with E-state index in [-0.39, 0.29) is 0 Å². The van der Waals surface area contributed by atoms with Gasteiger partial charge < -0.3 is 5.32 Å². The monoisotopic (exact) mass is 225 g/mol. The van der Waals surface area contributed by atoms with E-state index < -0.39 is 0 Å². The van der Waals surface area contributed by atoms with Crippen LogP contribution in [0.1, 0.15) is 26.7 Å². The summed E-state index contributed by atoms with van der Waals surface area (Å²) in [5, 5.41) is 11.7. The maximum absolute atomic E-state index is 5.68. The Morgan fingerprint density at radius 1 is 1.27 bits per heavy atom. The van der Waals surface area contributed by atoms with Crippen molar-refractivity contribution < 1.29 is 0 Å². The predicted octanol–water partition coefficient (Wildman–Crippen LogP) is 2.98.